The van der Waals surface area contributed by atoms with Crippen LogP contribution in [-0.4, -0.2) is 12.6 Å². The Morgan fingerprint density at radius 2 is 1.35 bits per heavy atom. The van der Waals surface area contributed by atoms with E-state index in [0.717, 1.165) is 30.1 Å². The van der Waals surface area contributed by atoms with Gasteiger partial charge in [0.15, 0.2) is 6.61 Å². The monoisotopic (exact) mass is 504 g/mol. The van der Waals surface area contributed by atoms with Gasteiger partial charge in [-0.2, -0.15) is 0 Å². The number of carbonyl (C=O) groups is 1. The number of hydrogen-bond donors (Lipinski definition) is 0. The second kappa shape index (κ2) is 7.81. The van der Waals surface area contributed by atoms with Crippen LogP contribution in [0.15, 0.2) is 37.7 Å². The van der Waals surface area contributed by atoms with Gasteiger partial charge in [0.1, 0.15) is 11.5 Å². The van der Waals surface area contributed by atoms with E-state index < -0.39 is 5.97 Å². The van der Waals surface area contributed by atoms with Crippen LogP contribution in [0, 0.1) is 20.8 Å². The maximum atomic E-state index is 12.1. The van der Waals surface area contributed by atoms with E-state index in [0.29, 0.717) is 11.5 Å². The van der Waals surface area contributed by atoms with Gasteiger partial charge in [-0.1, -0.05) is 31.9 Å². The minimum absolute atomic E-state index is 0.157. The van der Waals surface area contributed by atoms with Crippen molar-refractivity contribution in [3.63, 3.8) is 0 Å². The average molecular weight is 507 g/mol. The maximum Gasteiger partial charge on any atom is 0.349 e. The molecule has 23 heavy (non-hydrogen) atoms. The number of halogens is 3. The van der Waals surface area contributed by atoms with Gasteiger partial charge in [0, 0.05) is 8.95 Å². The summed E-state index contributed by atoms with van der Waals surface area (Å²) in [4.78, 5) is 12.1. The van der Waals surface area contributed by atoms with E-state index in [1.807, 2.05) is 45.0 Å². The topological polar surface area (TPSA) is 35.5 Å². The number of esters is 1. The van der Waals surface area contributed by atoms with Gasteiger partial charge in [-0.05, 0) is 77.7 Å². The molecule has 0 N–H and O–H groups in total. The lowest BCUT2D eigenvalue weighted by molar-refractivity contribution is -0.136. The molecule has 0 unspecified atom stereocenters. The molecule has 0 spiro atoms. The second-order valence-corrected chi connectivity index (χ2v) is 7.85. The molecule has 0 atom stereocenters. The molecule has 0 aliphatic carbocycles. The van der Waals surface area contributed by atoms with Gasteiger partial charge in [0.05, 0.1) is 4.47 Å². The van der Waals surface area contributed by atoms with Crippen molar-refractivity contribution in [2.75, 3.05) is 6.61 Å². The molecular weight excluding hydrogens is 492 g/mol. The molecule has 0 fully saturated rings. The summed E-state index contributed by atoms with van der Waals surface area (Å²) in [5, 5.41) is 0. The Balaban J connectivity index is 2.07. The minimum atomic E-state index is -0.437. The Morgan fingerprint density at radius 1 is 0.870 bits per heavy atom. The summed E-state index contributed by atoms with van der Waals surface area (Å²) in [7, 11) is 0. The average Bonchev–Trinajstić information content (AvgIpc) is 2.41. The number of rotatable bonds is 4. The van der Waals surface area contributed by atoms with Crippen LogP contribution < -0.4 is 9.47 Å². The molecule has 0 aliphatic heterocycles. The molecule has 2 aromatic carbocycles. The number of ether oxygens (including phenoxy) is 2. The predicted octanol–water partition coefficient (Wildman–Crippen LogP) is 5.88. The van der Waals surface area contributed by atoms with E-state index in [1.54, 1.807) is 0 Å². The SMILES string of the molecule is Cc1cc(Br)cc(C)c1OC(=O)COc1c(C)cc(Br)cc1Br. The van der Waals surface area contributed by atoms with Crippen molar-refractivity contribution < 1.29 is 14.3 Å². The van der Waals surface area contributed by atoms with Crippen molar-refractivity contribution in [3.05, 3.63) is 54.4 Å². The molecule has 0 bridgehead atoms. The zero-order chi connectivity index (χ0) is 17.1. The molecule has 122 valence electrons. The van der Waals surface area contributed by atoms with Crippen LogP contribution in [0.2, 0.25) is 0 Å². The first-order valence-electron chi connectivity index (χ1n) is 6.84. The fraction of sp³-hybridized carbons (Fsp3) is 0.235. The largest absolute Gasteiger partial charge is 0.480 e. The van der Waals surface area contributed by atoms with Gasteiger partial charge in [-0.15, -0.1) is 0 Å². The standard InChI is InChI=1S/C17H15Br3O3/c1-9-4-12(18)5-10(2)16(9)23-15(21)8-22-17-11(3)6-13(19)7-14(17)20/h4-7H,8H2,1-3H3. The Hall–Kier alpha value is -0.850. The summed E-state index contributed by atoms with van der Waals surface area (Å²) in [6.07, 6.45) is 0. The van der Waals surface area contributed by atoms with Crippen molar-refractivity contribution in [2.45, 2.75) is 20.8 Å². The van der Waals surface area contributed by atoms with Gasteiger partial charge in [0.2, 0.25) is 0 Å². The number of benzene rings is 2. The first-order valence-corrected chi connectivity index (χ1v) is 9.21. The highest BCUT2D eigenvalue weighted by Crippen LogP contribution is 2.32. The van der Waals surface area contributed by atoms with Gasteiger partial charge >= 0.3 is 5.97 Å². The van der Waals surface area contributed by atoms with Crippen molar-refractivity contribution in [2.24, 2.45) is 0 Å². The lowest BCUT2D eigenvalue weighted by Gasteiger charge is -2.13. The molecule has 0 aliphatic rings. The fourth-order valence-electron chi connectivity index (χ4n) is 2.20. The smallest absolute Gasteiger partial charge is 0.349 e. The van der Waals surface area contributed by atoms with Crippen LogP contribution in [0.5, 0.6) is 11.5 Å². The van der Waals surface area contributed by atoms with Crippen molar-refractivity contribution >= 4 is 53.8 Å². The van der Waals surface area contributed by atoms with Crippen LogP contribution in [0.25, 0.3) is 0 Å². The van der Waals surface area contributed by atoms with E-state index in [9.17, 15) is 4.79 Å². The summed E-state index contributed by atoms with van der Waals surface area (Å²) in [5.74, 6) is 0.774. The highest BCUT2D eigenvalue weighted by atomic mass is 79.9. The van der Waals surface area contributed by atoms with Crippen LogP contribution in [0.3, 0.4) is 0 Å². The number of carbonyl (C=O) groups excluding carboxylic acids is 1. The Kier molecular flexibility index (Phi) is 6.28. The first-order chi connectivity index (χ1) is 10.8. The van der Waals surface area contributed by atoms with E-state index in [-0.39, 0.29) is 6.61 Å². The molecule has 2 rings (SSSR count). The maximum absolute atomic E-state index is 12.1. The molecule has 0 heterocycles. The lowest BCUT2D eigenvalue weighted by atomic mass is 10.1. The quantitative estimate of drug-likeness (QED) is 0.383. The highest BCUT2D eigenvalue weighted by molar-refractivity contribution is 9.11. The van der Waals surface area contributed by atoms with Gasteiger partial charge in [-0.3, -0.25) is 0 Å². The molecule has 0 saturated carbocycles. The predicted molar refractivity (Wildman–Crippen MR) is 101 cm³/mol. The Morgan fingerprint density at radius 3 is 1.87 bits per heavy atom. The van der Waals surface area contributed by atoms with Crippen LogP contribution in [-0.2, 0) is 4.79 Å². The Bertz CT molecular complexity index is 711. The van der Waals surface area contributed by atoms with Crippen LogP contribution in [0.1, 0.15) is 16.7 Å². The second-order valence-electron chi connectivity index (χ2n) is 5.17. The van der Waals surface area contributed by atoms with Crippen LogP contribution in [0.4, 0.5) is 0 Å². The van der Waals surface area contributed by atoms with Crippen molar-refractivity contribution in [3.8, 4) is 11.5 Å². The summed E-state index contributed by atoms with van der Waals surface area (Å²) < 4.78 is 13.7. The summed E-state index contributed by atoms with van der Waals surface area (Å²) >= 11 is 10.3. The molecular formula is C17H15Br3O3. The zero-order valence-electron chi connectivity index (χ0n) is 12.9. The third-order valence-corrected chi connectivity index (χ3v) is 4.67. The van der Waals surface area contributed by atoms with Gasteiger partial charge in [-0.25, -0.2) is 4.79 Å². The van der Waals surface area contributed by atoms with Gasteiger partial charge < -0.3 is 9.47 Å². The molecule has 0 aromatic heterocycles. The third-order valence-electron chi connectivity index (χ3n) is 3.17. The first kappa shape index (κ1) is 18.5. The molecule has 6 heteroatoms. The third kappa shape index (κ3) is 4.81. The fourth-order valence-corrected chi connectivity index (χ4v) is 4.44. The minimum Gasteiger partial charge on any atom is -0.480 e. The number of aryl methyl sites for hydroxylation is 3. The van der Waals surface area contributed by atoms with Gasteiger partial charge in [0.25, 0.3) is 0 Å². The highest BCUT2D eigenvalue weighted by Gasteiger charge is 2.14. The van der Waals surface area contributed by atoms with E-state index >= 15 is 0 Å². The van der Waals surface area contributed by atoms with Crippen LogP contribution >= 0.6 is 47.8 Å². The molecule has 3 nitrogen and oxygen atoms in total. The lowest BCUT2D eigenvalue weighted by Crippen LogP contribution is -2.19. The molecule has 0 radical (unpaired) electrons. The summed E-state index contributed by atoms with van der Waals surface area (Å²) in [6, 6.07) is 7.61. The normalized spacial score (nSPS) is 10.5. The zero-order valence-corrected chi connectivity index (χ0v) is 17.6. The van der Waals surface area contributed by atoms with E-state index in [4.69, 9.17) is 9.47 Å². The Labute approximate surface area is 160 Å². The number of hydrogen-bond acceptors (Lipinski definition) is 3. The molecule has 0 saturated heterocycles. The summed E-state index contributed by atoms with van der Waals surface area (Å²) in [6.45, 7) is 5.56. The van der Waals surface area contributed by atoms with Crippen molar-refractivity contribution in [1.29, 1.82) is 0 Å². The van der Waals surface area contributed by atoms with E-state index in [1.165, 1.54) is 0 Å². The molecule has 2 aromatic rings. The molecule has 0 amide bonds. The van der Waals surface area contributed by atoms with E-state index in [2.05, 4.69) is 47.8 Å². The van der Waals surface area contributed by atoms with Crippen molar-refractivity contribution in [1.82, 2.24) is 0 Å². The summed E-state index contributed by atoms with van der Waals surface area (Å²) in [5.41, 5.74) is 2.72.